The first-order valence-electron chi connectivity index (χ1n) is 11.6. The number of anilines is 2. The lowest BCUT2D eigenvalue weighted by atomic mass is 9.95. The molecule has 1 atom stereocenters. The van der Waals surface area contributed by atoms with Crippen LogP contribution < -0.4 is 10.6 Å². The van der Waals surface area contributed by atoms with Gasteiger partial charge in [0.25, 0.3) is 11.6 Å². The van der Waals surface area contributed by atoms with Gasteiger partial charge in [0.15, 0.2) is 0 Å². The van der Waals surface area contributed by atoms with Crippen molar-refractivity contribution in [2.24, 2.45) is 0 Å². The van der Waals surface area contributed by atoms with E-state index in [4.69, 9.17) is 5.10 Å². The minimum Gasteiger partial charge on any atom is -0.328 e. The van der Waals surface area contributed by atoms with Gasteiger partial charge in [0.1, 0.15) is 6.04 Å². The van der Waals surface area contributed by atoms with Gasteiger partial charge >= 0.3 is 0 Å². The van der Waals surface area contributed by atoms with Gasteiger partial charge in [-0.1, -0.05) is 54.2 Å². The number of thioether (sulfide) groups is 1. The van der Waals surface area contributed by atoms with Crippen molar-refractivity contribution in [3.63, 3.8) is 0 Å². The van der Waals surface area contributed by atoms with E-state index >= 15 is 0 Å². The zero-order valence-corrected chi connectivity index (χ0v) is 21.0. The van der Waals surface area contributed by atoms with Crippen LogP contribution in [0.15, 0.2) is 95.3 Å². The van der Waals surface area contributed by atoms with Crippen molar-refractivity contribution < 1.29 is 9.72 Å². The lowest BCUT2D eigenvalue weighted by Crippen LogP contribution is -2.31. The van der Waals surface area contributed by atoms with Crippen LogP contribution in [0.4, 0.5) is 17.3 Å². The maximum atomic E-state index is 13.6. The zero-order valence-electron chi connectivity index (χ0n) is 20.2. The lowest BCUT2D eigenvalue weighted by molar-refractivity contribution is -0.384. The zero-order chi connectivity index (χ0) is 25.9. The van der Waals surface area contributed by atoms with Crippen LogP contribution in [0.1, 0.15) is 29.7 Å². The third-order valence-electron chi connectivity index (χ3n) is 5.98. The van der Waals surface area contributed by atoms with E-state index in [-0.39, 0.29) is 11.6 Å². The number of nitro groups is 1. The monoisotopic (exact) mass is 512 g/mol. The number of nitrogens with one attached hydrogen (secondary N) is 2. The van der Waals surface area contributed by atoms with Crippen LogP contribution in [-0.2, 0) is 10.5 Å². The number of hydrogen-bond donors (Lipinski definition) is 2. The van der Waals surface area contributed by atoms with E-state index < -0.39 is 11.0 Å². The highest BCUT2D eigenvalue weighted by atomic mass is 32.2. The highest BCUT2D eigenvalue weighted by Crippen LogP contribution is 2.37. The standard InChI is InChI=1S/C27H24N6O3S/c1-17-7-6-10-21(15-17)29-25(34)23-18(2)28-26-30-27(37-16-19-8-4-3-5-9-19)31-32(26)24(23)20-11-13-22(14-12-20)33(35)36/h3-15,24H,16H2,1-2H3,(H,29,34)(H,28,30,31). The second-order valence-corrected chi connectivity index (χ2v) is 9.62. The number of allylic oxidation sites excluding steroid dienone is 1. The first kappa shape index (κ1) is 24.3. The molecule has 10 heteroatoms. The number of aromatic nitrogens is 3. The SMILES string of the molecule is CC1=C(C(=O)Nc2cccc(C)c2)C(c2ccc([N+](=O)[O-])cc2)n2nc(SCc3ccccc3)nc2N1. The summed E-state index contributed by atoms with van der Waals surface area (Å²) in [5.74, 6) is 0.904. The molecule has 0 bridgehead atoms. The second-order valence-electron chi connectivity index (χ2n) is 8.68. The highest BCUT2D eigenvalue weighted by molar-refractivity contribution is 7.98. The topological polar surface area (TPSA) is 115 Å². The van der Waals surface area contributed by atoms with Gasteiger partial charge in [-0.15, -0.1) is 5.10 Å². The maximum Gasteiger partial charge on any atom is 0.269 e. The normalized spacial score (nSPS) is 14.6. The Morgan fingerprint density at radius 3 is 2.54 bits per heavy atom. The number of carbonyl (C=O) groups excluding carboxylic acids is 1. The molecule has 0 aliphatic carbocycles. The molecule has 0 saturated carbocycles. The number of non-ortho nitro benzene ring substituents is 1. The van der Waals surface area contributed by atoms with Gasteiger partial charge < -0.3 is 10.6 Å². The number of amides is 1. The summed E-state index contributed by atoms with van der Waals surface area (Å²) in [5, 5.41) is 22.7. The molecule has 4 aromatic rings. The Kier molecular flexibility index (Phi) is 6.74. The second kappa shape index (κ2) is 10.3. The summed E-state index contributed by atoms with van der Waals surface area (Å²) < 4.78 is 1.67. The number of aryl methyl sites for hydroxylation is 1. The molecule has 2 N–H and O–H groups in total. The molecule has 0 radical (unpaired) electrons. The maximum absolute atomic E-state index is 13.6. The molecular weight excluding hydrogens is 488 g/mol. The van der Waals surface area contributed by atoms with Gasteiger partial charge in [-0.3, -0.25) is 14.9 Å². The van der Waals surface area contributed by atoms with Gasteiger partial charge in [-0.25, -0.2) is 4.68 Å². The molecule has 0 spiro atoms. The third kappa shape index (κ3) is 5.24. The summed E-state index contributed by atoms with van der Waals surface area (Å²) in [7, 11) is 0. The van der Waals surface area contributed by atoms with Crippen molar-refractivity contribution in [3.05, 3.63) is 117 Å². The van der Waals surface area contributed by atoms with Crippen molar-refractivity contribution in [3.8, 4) is 0 Å². The number of rotatable bonds is 7. The van der Waals surface area contributed by atoms with Crippen LogP contribution in [0.25, 0.3) is 0 Å². The molecule has 9 nitrogen and oxygen atoms in total. The first-order chi connectivity index (χ1) is 17.9. The van der Waals surface area contributed by atoms with Gasteiger partial charge in [0.2, 0.25) is 11.1 Å². The fourth-order valence-corrected chi connectivity index (χ4v) is 5.00. The Morgan fingerprint density at radius 1 is 1.08 bits per heavy atom. The van der Waals surface area contributed by atoms with Crippen molar-refractivity contribution in [1.29, 1.82) is 0 Å². The van der Waals surface area contributed by atoms with Crippen molar-refractivity contribution >= 4 is 35.0 Å². The molecule has 0 fully saturated rings. The van der Waals surface area contributed by atoms with E-state index in [0.717, 1.165) is 11.1 Å². The molecule has 186 valence electrons. The van der Waals surface area contributed by atoms with E-state index in [9.17, 15) is 14.9 Å². The number of nitro benzene ring substituents is 1. The fraction of sp³-hybridized carbons (Fsp3) is 0.148. The van der Waals surface area contributed by atoms with Crippen LogP contribution in [0, 0.1) is 17.0 Å². The average molecular weight is 513 g/mol. The summed E-state index contributed by atoms with van der Waals surface area (Å²) in [6.45, 7) is 3.77. The average Bonchev–Trinajstić information content (AvgIpc) is 3.29. The summed E-state index contributed by atoms with van der Waals surface area (Å²) >= 11 is 1.49. The van der Waals surface area contributed by atoms with Crippen LogP contribution in [0.2, 0.25) is 0 Å². The van der Waals surface area contributed by atoms with E-state index in [1.54, 1.807) is 16.8 Å². The Balaban J connectivity index is 1.51. The summed E-state index contributed by atoms with van der Waals surface area (Å²) in [4.78, 5) is 29.0. The van der Waals surface area contributed by atoms with Crippen LogP contribution in [0.3, 0.4) is 0 Å². The van der Waals surface area contributed by atoms with Crippen LogP contribution in [0.5, 0.6) is 0 Å². The quantitative estimate of drug-likeness (QED) is 0.185. The number of hydrogen-bond acceptors (Lipinski definition) is 7. The molecule has 37 heavy (non-hydrogen) atoms. The lowest BCUT2D eigenvalue weighted by Gasteiger charge is -2.28. The first-order valence-corrected chi connectivity index (χ1v) is 12.6. The van der Waals surface area contributed by atoms with Gasteiger partial charge in [-0.2, -0.15) is 4.98 Å². The molecule has 1 aliphatic rings. The third-order valence-corrected chi connectivity index (χ3v) is 6.89. The van der Waals surface area contributed by atoms with E-state index in [2.05, 4.69) is 15.6 Å². The molecule has 2 heterocycles. The predicted molar refractivity (Wildman–Crippen MR) is 143 cm³/mol. The van der Waals surface area contributed by atoms with Crippen molar-refractivity contribution in [2.45, 2.75) is 30.8 Å². The predicted octanol–water partition coefficient (Wildman–Crippen LogP) is 5.71. The van der Waals surface area contributed by atoms with Crippen LogP contribution in [-0.4, -0.2) is 25.6 Å². The van der Waals surface area contributed by atoms with E-state index in [1.807, 2.05) is 68.4 Å². The summed E-state index contributed by atoms with van der Waals surface area (Å²) in [6, 6.07) is 23.1. The molecule has 3 aromatic carbocycles. The summed E-state index contributed by atoms with van der Waals surface area (Å²) in [6.07, 6.45) is 0. The molecular formula is C27H24N6O3S. The largest absolute Gasteiger partial charge is 0.328 e. The Morgan fingerprint density at radius 2 is 1.84 bits per heavy atom. The smallest absolute Gasteiger partial charge is 0.269 e. The molecule has 1 amide bonds. The highest BCUT2D eigenvalue weighted by Gasteiger charge is 2.34. The molecule has 5 rings (SSSR count). The number of fused-ring (bicyclic) bond motifs is 1. The Hall–Kier alpha value is -4.44. The molecule has 1 aliphatic heterocycles. The van der Waals surface area contributed by atoms with Gasteiger partial charge in [0, 0.05) is 29.3 Å². The minimum absolute atomic E-state index is 0.0259. The fourth-order valence-electron chi connectivity index (χ4n) is 4.22. The Bertz CT molecular complexity index is 1500. The summed E-state index contributed by atoms with van der Waals surface area (Å²) in [5.41, 5.74) is 4.59. The molecule has 0 saturated heterocycles. The number of benzene rings is 3. The van der Waals surface area contributed by atoms with Crippen LogP contribution >= 0.6 is 11.8 Å². The van der Waals surface area contributed by atoms with E-state index in [1.165, 1.54) is 23.9 Å². The number of nitrogens with zero attached hydrogens (tertiary/aromatic N) is 4. The minimum atomic E-state index is -0.625. The molecule has 1 aromatic heterocycles. The van der Waals surface area contributed by atoms with Gasteiger partial charge in [0.05, 0.1) is 10.5 Å². The number of carbonyl (C=O) groups is 1. The van der Waals surface area contributed by atoms with Crippen molar-refractivity contribution in [1.82, 2.24) is 14.8 Å². The van der Waals surface area contributed by atoms with Crippen molar-refractivity contribution in [2.75, 3.05) is 10.6 Å². The molecule has 1 unspecified atom stereocenters. The van der Waals surface area contributed by atoms with E-state index in [0.29, 0.717) is 39.4 Å². The Labute approximate surface area is 217 Å². The van der Waals surface area contributed by atoms with Gasteiger partial charge in [-0.05, 0) is 54.8 Å².